The van der Waals surface area contributed by atoms with E-state index in [1.807, 2.05) is 6.92 Å². The quantitative estimate of drug-likeness (QED) is 0.779. The summed E-state index contributed by atoms with van der Waals surface area (Å²) < 4.78 is 22.1. The van der Waals surface area contributed by atoms with E-state index in [2.05, 4.69) is 4.98 Å². The Morgan fingerprint density at radius 2 is 2.05 bits per heavy atom. The zero-order chi connectivity index (χ0) is 13.9. The topological polar surface area (TPSA) is 49.8 Å². The molecule has 0 N–H and O–H groups in total. The first-order chi connectivity index (χ1) is 9.16. The van der Waals surface area contributed by atoms with Gasteiger partial charge in [0.05, 0.1) is 26.9 Å². The Hall–Kier alpha value is -0.880. The van der Waals surface area contributed by atoms with Gasteiger partial charge in [-0.1, -0.05) is 18.5 Å². The maximum absolute atomic E-state index is 6.06. The highest BCUT2D eigenvalue weighted by Crippen LogP contribution is 2.40. The lowest BCUT2D eigenvalue weighted by Gasteiger charge is -2.29. The van der Waals surface area contributed by atoms with Gasteiger partial charge in [0, 0.05) is 24.7 Å². The summed E-state index contributed by atoms with van der Waals surface area (Å²) in [6, 6.07) is 1.76. The normalized spacial score (nSPS) is 17.7. The van der Waals surface area contributed by atoms with E-state index in [4.69, 9.17) is 30.5 Å². The SMILES string of the molecule is CCC1(c2cc(Cl)nc(OC)c2COC)OCCO1. The van der Waals surface area contributed by atoms with Crippen LogP contribution in [-0.4, -0.2) is 32.4 Å². The molecule has 0 radical (unpaired) electrons. The monoisotopic (exact) mass is 287 g/mol. The number of ether oxygens (including phenoxy) is 4. The number of aromatic nitrogens is 1. The Balaban J connectivity index is 2.56. The fourth-order valence-electron chi connectivity index (χ4n) is 2.32. The van der Waals surface area contributed by atoms with E-state index < -0.39 is 5.79 Å². The molecule has 19 heavy (non-hydrogen) atoms. The van der Waals surface area contributed by atoms with E-state index in [1.54, 1.807) is 20.3 Å². The van der Waals surface area contributed by atoms with Crippen LogP contribution in [0.15, 0.2) is 6.07 Å². The molecular formula is C13H18ClNO4. The predicted molar refractivity (Wildman–Crippen MR) is 70.4 cm³/mol. The van der Waals surface area contributed by atoms with Crippen molar-refractivity contribution in [3.8, 4) is 5.88 Å². The van der Waals surface area contributed by atoms with Crippen LogP contribution in [0.25, 0.3) is 0 Å². The molecule has 0 saturated carbocycles. The smallest absolute Gasteiger partial charge is 0.220 e. The van der Waals surface area contributed by atoms with E-state index >= 15 is 0 Å². The Kier molecular flexibility index (Phi) is 4.62. The van der Waals surface area contributed by atoms with E-state index in [9.17, 15) is 0 Å². The second kappa shape index (κ2) is 6.05. The fourth-order valence-corrected chi connectivity index (χ4v) is 2.50. The number of hydrogen-bond donors (Lipinski definition) is 0. The molecule has 2 rings (SSSR count). The molecule has 1 aliphatic heterocycles. The maximum atomic E-state index is 6.06. The number of methoxy groups -OCH3 is 2. The van der Waals surface area contributed by atoms with Crippen molar-refractivity contribution in [1.82, 2.24) is 4.98 Å². The van der Waals surface area contributed by atoms with Gasteiger partial charge in [-0.15, -0.1) is 0 Å². The molecule has 1 saturated heterocycles. The molecule has 1 aliphatic rings. The summed E-state index contributed by atoms with van der Waals surface area (Å²) in [5.74, 6) is -0.343. The van der Waals surface area contributed by atoms with Crippen molar-refractivity contribution in [2.75, 3.05) is 27.4 Å². The van der Waals surface area contributed by atoms with Crippen molar-refractivity contribution >= 4 is 11.6 Å². The minimum atomic E-state index is -0.784. The maximum Gasteiger partial charge on any atom is 0.220 e. The van der Waals surface area contributed by atoms with Crippen molar-refractivity contribution in [2.24, 2.45) is 0 Å². The van der Waals surface area contributed by atoms with Crippen molar-refractivity contribution in [3.05, 3.63) is 22.3 Å². The predicted octanol–water partition coefficient (Wildman–Crippen LogP) is 2.50. The Morgan fingerprint density at radius 1 is 1.37 bits per heavy atom. The molecular weight excluding hydrogens is 270 g/mol. The van der Waals surface area contributed by atoms with Crippen LogP contribution in [0.3, 0.4) is 0 Å². The van der Waals surface area contributed by atoms with Gasteiger partial charge in [-0.3, -0.25) is 0 Å². The lowest BCUT2D eigenvalue weighted by atomic mass is 9.99. The number of pyridine rings is 1. The zero-order valence-electron chi connectivity index (χ0n) is 11.4. The zero-order valence-corrected chi connectivity index (χ0v) is 12.1. The van der Waals surface area contributed by atoms with Crippen molar-refractivity contribution in [1.29, 1.82) is 0 Å². The summed E-state index contributed by atoms with van der Waals surface area (Å²) in [5, 5.41) is 0.346. The minimum Gasteiger partial charge on any atom is -0.481 e. The third-order valence-corrected chi connectivity index (χ3v) is 3.36. The summed E-state index contributed by atoms with van der Waals surface area (Å²) in [7, 11) is 3.17. The first-order valence-corrected chi connectivity index (χ1v) is 6.55. The van der Waals surface area contributed by atoms with E-state index in [1.165, 1.54) is 0 Å². The second-order valence-electron chi connectivity index (χ2n) is 4.22. The molecule has 0 spiro atoms. The number of rotatable bonds is 5. The van der Waals surface area contributed by atoms with Crippen molar-refractivity contribution in [2.45, 2.75) is 25.7 Å². The summed E-state index contributed by atoms with van der Waals surface area (Å²) in [5.41, 5.74) is 1.63. The van der Waals surface area contributed by atoms with Crippen molar-refractivity contribution < 1.29 is 18.9 Å². The third-order valence-electron chi connectivity index (χ3n) is 3.17. The fraction of sp³-hybridized carbons (Fsp3) is 0.615. The molecule has 1 aromatic rings. The van der Waals surface area contributed by atoms with Gasteiger partial charge in [-0.2, -0.15) is 0 Å². The van der Waals surface area contributed by atoms with Crippen LogP contribution in [0.4, 0.5) is 0 Å². The van der Waals surface area contributed by atoms with Crippen LogP contribution in [-0.2, 0) is 26.6 Å². The van der Waals surface area contributed by atoms with E-state index in [0.29, 0.717) is 37.3 Å². The van der Waals surface area contributed by atoms with Gasteiger partial charge in [0.15, 0.2) is 5.79 Å². The summed E-state index contributed by atoms with van der Waals surface area (Å²) in [6.07, 6.45) is 0.674. The first kappa shape index (κ1) is 14.5. The van der Waals surface area contributed by atoms with Crippen LogP contribution in [0.5, 0.6) is 5.88 Å². The minimum absolute atomic E-state index is 0.346. The van der Waals surface area contributed by atoms with E-state index in [0.717, 1.165) is 11.1 Å². The molecule has 0 aliphatic carbocycles. The lowest BCUT2D eigenvalue weighted by Crippen LogP contribution is -2.28. The van der Waals surface area contributed by atoms with Gasteiger partial charge < -0.3 is 18.9 Å². The average molecular weight is 288 g/mol. The van der Waals surface area contributed by atoms with Crippen LogP contribution in [0.1, 0.15) is 24.5 Å². The number of halogens is 1. The van der Waals surface area contributed by atoms with Gasteiger partial charge >= 0.3 is 0 Å². The molecule has 0 bridgehead atoms. The molecule has 6 heteroatoms. The molecule has 5 nitrogen and oxygen atoms in total. The summed E-state index contributed by atoms with van der Waals surface area (Å²) in [4.78, 5) is 4.16. The number of hydrogen-bond acceptors (Lipinski definition) is 5. The molecule has 2 heterocycles. The van der Waals surface area contributed by atoms with Crippen LogP contribution in [0.2, 0.25) is 5.15 Å². The van der Waals surface area contributed by atoms with Gasteiger partial charge in [0.2, 0.25) is 5.88 Å². The van der Waals surface area contributed by atoms with E-state index in [-0.39, 0.29) is 0 Å². The molecule has 0 amide bonds. The first-order valence-electron chi connectivity index (χ1n) is 6.17. The Morgan fingerprint density at radius 3 is 2.58 bits per heavy atom. The lowest BCUT2D eigenvalue weighted by molar-refractivity contribution is -0.168. The molecule has 0 unspecified atom stereocenters. The van der Waals surface area contributed by atoms with Crippen LogP contribution < -0.4 is 4.74 Å². The molecule has 1 aromatic heterocycles. The Labute approximate surface area is 117 Å². The molecule has 0 atom stereocenters. The Bertz CT molecular complexity index is 447. The average Bonchev–Trinajstić information content (AvgIpc) is 2.90. The highest BCUT2D eigenvalue weighted by molar-refractivity contribution is 6.29. The van der Waals surface area contributed by atoms with Gasteiger partial charge in [-0.05, 0) is 6.07 Å². The number of nitrogens with zero attached hydrogens (tertiary/aromatic N) is 1. The second-order valence-corrected chi connectivity index (χ2v) is 4.60. The van der Waals surface area contributed by atoms with Gasteiger partial charge in [-0.25, -0.2) is 4.98 Å². The highest BCUT2D eigenvalue weighted by atomic mass is 35.5. The third kappa shape index (κ3) is 2.69. The standard InChI is InChI=1S/C13H18ClNO4/c1-4-13(18-5-6-19-13)10-7-11(14)15-12(17-3)9(10)8-16-2/h7H,4-6,8H2,1-3H3. The van der Waals surface area contributed by atoms with Crippen LogP contribution in [0, 0.1) is 0 Å². The van der Waals surface area contributed by atoms with Crippen LogP contribution >= 0.6 is 11.6 Å². The molecule has 106 valence electrons. The summed E-state index contributed by atoms with van der Waals surface area (Å²) >= 11 is 6.06. The van der Waals surface area contributed by atoms with Gasteiger partial charge in [0.1, 0.15) is 5.15 Å². The summed E-state index contributed by atoms with van der Waals surface area (Å²) in [6.45, 7) is 3.48. The van der Waals surface area contributed by atoms with Gasteiger partial charge in [0.25, 0.3) is 0 Å². The van der Waals surface area contributed by atoms with Crippen molar-refractivity contribution in [3.63, 3.8) is 0 Å². The molecule has 0 aromatic carbocycles. The highest BCUT2D eigenvalue weighted by Gasteiger charge is 2.40. The molecule has 1 fully saturated rings. The largest absolute Gasteiger partial charge is 0.481 e.